The first-order valence-electron chi connectivity index (χ1n) is 5.84. The van der Waals surface area contributed by atoms with Gasteiger partial charge < -0.3 is 9.84 Å². The Bertz CT molecular complexity index is 661. The average molecular weight is 256 g/mol. The van der Waals surface area contributed by atoms with Gasteiger partial charge >= 0.3 is 5.97 Å². The number of ether oxygens (including phenoxy) is 1. The van der Waals surface area contributed by atoms with Crippen LogP contribution in [0.5, 0.6) is 5.75 Å². The van der Waals surface area contributed by atoms with E-state index in [0.717, 1.165) is 0 Å². The normalized spacial score (nSPS) is 11.8. The van der Waals surface area contributed by atoms with Crippen molar-refractivity contribution in [1.29, 1.82) is 5.26 Å². The lowest BCUT2D eigenvalue weighted by Crippen LogP contribution is -2.15. The Balaban J connectivity index is 2.58. The molecule has 0 aliphatic heterocycles. The van der Waals surface area contributed by atoms with Gasteiger partial charge in [0.15, 0.2) is 11.9 Å². The predicted molar refractivity (Wildman–Crippen MR) is 69.0 cm³/mol. The van der Waals surface area contributed by atoms with Crippen molar-refractivity contribution < 1.29 is 14.6 Å². The van der Waals surface area contributed by atoms with Crippen LogP contribution in [0, 0.1) is 11.3 Å². The highest BCUT2D eigenvalue weighted by molar-refractivity contribution is 6.04. The van der Waals surface area contributed by atoms with E-state index < -0.39 is 12.1 Å². The molecule has 1 atom stereocenters. The third-order valence-corrected chi connectivity index (χ3v) is 2.74. The summed E-state index contributed by atoms with van der Waals surface area (Å²) in [6, 6.07) is 8.89. The number of aromatic nitrogens is 1. The van der Waals surface area contributed by atoms with Gasteiger partial charge in [-0.15, -0.1) is 0 Å². The molecule has 5 nitrogen and oxygen atoms in total. The number of carbonyl (C=O) groups is 1. The minimum Gasteiger partial charge on any atom is -0.478 e. The summed E-state index contributed by atoms with van der Waals surface area (Å²) in [5.74, 6) is -0.971. The molecular weight excluding hydrogens is 244 g/mol. The van der Waals surface area contributed by atoms with Crippen LogP contribution in [-0.2, 0) is 0 Å². The Morgan fingerprint density at radius 2 is 2.26 bits per heavy atom. The fourth-order valence-electron chi connectivity index (χ4n) is 1.79. The predicted octanol–water partition coefficient (Wildman–Crippen LogP) is 2.61. The smallest absolute Gasteiger partial charge is 0.340 e. The lowest BCUT2D eigenvalue weighted by atomic mass is 10.1. The molecule has 1 unspecified atom stereocenters. The number of nitriles is 1. The van der Waals surface area contributed by atoms with E-state index in [4.69, 9.17) is 10.00 Å². The van der Waals surface area contributed by atoms with Crippen molar-refractivity contribution in [3.05, 3.63) is 36.0 Å². The largest absolute Gasteiger partial charge is 0.478 e. The van der Waals surface area contributed by atoms with E-state index in [1.54, 1.807) is 31.2 Å². The Hall–Kier alpha value is -2.61. The monoisotopic (exact) mass is 256 g/mol. The molecule has 1 aromatic heterocycles. The van der Waals surface area contributed by atoms with Gasteiger partial charge in [0.2, 0.25) is 0 Å². The third kappa shape index (κ3) is 2.47. The van der Waals surface area contributed by atoms with Crippen LogP contribution in [-0.4, -0.2) is 22.2 Å². The zero-order chi connectivity index (χ0) is 13.8. The van der Waals surface area contributed by atoms with Gasteiger partial charge in [-0.3, -0.25) is 4.98 Å². The highest BCUT2D eigenvalue weighted by Crippen LogP contribution is 2.27. The lowest BCUT2D eigenvalue weighted by Gasteiger charge is -2.13. The van der Waals surface area contributed by atoms with Gasteiger partial charge in [0, 0.05) is 5.39 Å². The standard InChI is InChI=1S/C14H12N2O3/c1-2-9(7-15)19-12-8-16-11-6-4-3-5-10(11)13(12)14(17)18/h3-6,8-9H,2H2,1H3,(H,17,18). The summed E-state index contributed by atoms with van der Waals surface area (Å²) in [6.45, 7) is 1.79. The van der Waals surface area contributed by atoms with Gasteiger partial charge in [-0.1, -0.05) is 25.1 Å². The number of fused-ring (bicyclic) bond motifs is 1. The Morgan fingerprint density at radius 1 is 1.53 bits per heavy atom. The maximum absolute atomic E-state index is 11.4. The second-order valence-corrected chi connectivity index (χ2v) is 3.96. The third-order valence-electron chi connectivity index (χ3n) is 2.74. The van der Waals surface area contributed by atoms with Crippen LogP contribution in [0.15, 0.2) is 30.5 Å². The lowest BCUT2D eigenvalue weighted by molar-refractivity contribution is 0.0693. The zero-order valence-electron chi connectivity index (χ0n) is 10.3. The van der Waals surface area contributed by atoms with Crippen LogP contribution in [0.25, 0.3) is 10.9 Å². The summed E-state index contributed by atoms with van der Waals surface area (Å²) < 4.78 is 5.41. The Kier molecular flexibility index (Phi) is 3.62. The number of carboxylic acids is 1. The molecule has 0 saturated heterocycles. The Labute approximate surface area is 110 Å². The topological polar surface area (TPSA) is 83.2 Å². The molecule has 0 bridgehead atoms. The van der Waals surface area contributed by atoms with Crippen LogP contribution in [0.3, 0.4) is 0 Å². The fourth-order valence-corrected chi connectivity index (χ4v) is 1.79. The number of nitrogens with zero attached hydrogens (tertiary/aromatic N) is 2. The van der Waals surface area contributed by atoms with Crippen LogP contribution in [0.4, 0.5) is 0 Å². The maximum atomic E-state index is 11.4. The molecule has 1 heterocycles. The number of rotatable bonds is 4. The molecule has 96 valence electrons. The van der Waals surface area contributed by atoms with Crippen molar-refractivity contribution in [2.45, 2.75) is 19.4 Å². The summed E-state index contributed by atoms with van der Waals surface area (Å²) in [4.78, 5) is 15.6. The molecule has 0 amide bonds. The molecule has 0 spiro atoms. The molecule has 0 aliphatic carbocycles. The quantitative estimate of drug-likeness (QED) is 0.909. The van der Waals surface area contributed by atoms with Gasteiger partial charge in [0.1, 0.15) is 11.6 Å². The number of pyridine rings is 1. The molecule has 1 aromatic carbocycles. The van der Waals surface area contributed by atoms with Crippen molar-refractivity contribution in [2.75, 3.05) is 0 Å². The summed E-state index contributed by atoms with van der Waals surface area (Å²) in [7, 11) is 0. The van der Waals surface area contributed by atoms with Crippen molar-refractivity contribution in [3.63, 3.8) is 0 Å². The number of para-hydroxylation sites is 1. The zero-order valence-corrected chi connectivity index (χ0v) is 10.3. The maximum Gasteiger partial charge on any atom is 0.340 e. The molecule has 0 saturated carbocycles. The Morgan fingerprint density at radius 3 is 2.89 bits per heavy atom. The van der Waals surface area contributed by atoms with E-state index >= 15 is 0 Å². The molecule has 0 radical (unpaired) electrons. The molecule has 0 fully saturated rings. The van der Waals surface area contributed by atoms with E-state index in [1.165, 1.54) is 6.20 Å². The van der Waals surface area contributed by atoms with E-state index in [2.05, 4.69) is 4.98 Å². The van der Waals surface area contributed by atoms with E-state index in [0.29, 0.717) is 17.3 Å². The van der Waals surface area contributed by atoms with Crippen molar-refractivity contribution >= 4 is 16.9 Å². The van der Waals surface area contributed by atoms with E-state index in [-0.39, 0.29) is 11.3 Å². The minimum absolute atomic E-state index is 0.0410. The van der Waals surface area contributed by atoms with Gasteiger partial charge in [0.25, 0.3) is 0 Å². The SMILES string of the molecule is CCC(C#N)Oc1cnc2ccccc2c1C(=O)O. The number of hydrogen-bond donors (Lipinski definition) is 1. The summed E-state index contributed by atoms with van der Waals surface area (Å²) in [6.07, 6.45) is 1.15. The summed E-state index contributed by atoms with van der Waals surface area (Å²) >= 11 is 0. The first kappa shape index (κ1) is 12.8. The van der Waals surface area contributed by atoms with Crippen molar-refractivity contribution in [3.8, 4) is 11.8 Å². The van der Waals surface area contributed by atoms with Gasteiger partial charge in [-0.25, -0.2) is 4.79 Å². The number of carboxylic acid groups (broad SMARTS) is 1. The average Bonchev–Trinajstić information content (AvgIpc) is 2.43. The van der Waals surface area contributed by atoms with Crippen molar-refractivity contribution in [2.24, 2.45) is 0 Å². The molecule has 1 N–H and O–H groups in total. The van der Waals surface area contributed by atoms with E-state index in [9.17, 15) is 9.90 Å². The summed E-state index contributed by atoms with van der Waals surface area (Å²) in [5, 5.41) is 18.7. The molecule has 0 aliphatic rings. The van der Waals surface area contributed by atoms with Gasteiger partial charge in [-0.05, 0) is 12.5 Å². The molecule has 19 heavy (non-hydrogen) atoms. The molecular formula is C14H12N2O3. The molecule has 2 aromatic rings. The first-order valence-corrected chi connectivity index (χ1v) is 5.84. The first-order chi connectivity index (χ1) is 9.17. The second-order valence-electron chi connectivity index (χ2n) is 3.96. The highest BCUT2D eigenvalue weighted by Gasteiger charge is 2.19. The fraction of sp³-hybridized carbons (Fsp3) is 0.214. The van der Waals surface area contributed by atoms with Gasteiger partial charge in [-0.2, -0.15) is 5.26 Å². The minimum atomic E-state index is -1.10. The van der Waals surface area contributed by atoms with Crippen molar-refractivity contribution in [1.82, 2.24) is 4.98 Å². The van der Waals surface area contributed by atoms with Crippen LogP contribution in [0.2, 0.25) is 0 Å². The summed E-state index contributed by atoms with van der Waals surface area (Å²) in [5.41, 5.74) is 0.622. The molecule has 2 rings (SSSR count). The highest BCUT2D eigenvalue weighted by atomic mass is 16.5. The number of benzene rings is 1. The van der Waals surface area contributed by atoms with Gasteiger partial charge in [0.05, 0.1) is 11.7 Å². The van der Waals surface area contributed by atoms with E-state index in [1.807, 2.05) is 6.07 Å². The van der Waals surface area contributed by atoms with Crippen LogP contribution in [0.1, 0.15) is 23.7 Å². The number of aromatic carboxylic acids is 1. The second kappa shape index (κ2) is 5.36. The number of hydrogen-bond acceptors (Lipinski definition) is 4. The van der Waals surface area contributed by atoms with Crippen LogP contribution < -0.4 is 4.74 Å². The molecule has 5 heteroatoms. The van der Waals surface area contributed by atoms with Crippen LogP contribution >= 0.6 is 0 Å².